The SMILES string of the molecule is CCC(CC)[C@@H](N)P(=O)(O)O. The van der Waals surface area contributed by atoms with Crippen molar-refractivity contribution in [3.8, 4) is 0 Å². The third kappa shape index (κ3) is 3.34. The van der Waals surface area contributed by atoms with Crippen molar-refractivity contribution in [1.29, 1.82) is 0 Å². The summed E-state index contributed by atoms with van der Waals surface area (Å²) in [6.45, 7) is 3.76. The minimum absolute atomic E-state index is 0.0733. The first-order chi connectivity index (χ1) is 4.93. The zero-order valence-corrected chi connectivity index (χ0v) is 7.79. The first-order valence-corrected chi connectivity index (χ1v) is 5.42. The second-order valence-corrected chi connectivity index (χ2v) is 4.43. The molecule has 4 N–H and O–H groups in total. The van der Waals surface area contributed by atoms with E-state index in [9.17, 15) is 4.57 Å². The van der Waals surface area contributed by atoms with Crippen molar-refractivity contribution in [2.45, 2.75) is 32.5 Å². The van der Waals surface area contributed by atoms with Crippen LogP contribution in [0.2, 0.25) is 0 Å². The van der Waals surface area contributed by atoms with E-state index < -0.39 is 13.4 Å². The van der Waals surface area contributed by atoms with Gasteiger partial charge in [0.1, 0.15) is 5.78 Å². The van der Waals surface area contributed by atoms with Gasteiger partial charge in [-0.2, -0.15) is 0 Å². The molecule has 0 unspecified atom stereocenters. The molecule has 11 heavy (non-hydrogen) atoms. The maximum absolute atomic E-state index is 10.7. The van der Waals surface area contributed by atoms with Crippen LogP contribution in [-0.2, 0) is 4.57 Å². The van der Waals surface area contributed by atoms with Gasteiger partial charge in [-0.1, -0.05) is 26.7 Å². The van der Waals surface area contributed by atoms with Crippen molar-refractivity contribution in [2.24, 2.45) is 11.7 Å². The van der Waals surface area contributed by atoms with E-state index in [0.717, 1.165) is 0 Å². The van der Waals surface area contributed by atoms with E-state index in [1.165, 1.54) is 0 Å². The van der Waals surface area contributed by atoms with E-state index in [1.54, 1.807) is 0 Å². The molecule has 0 aromatic heterocycles. The van der Waals surface area contributed by atoms with Gasteiger partial charge < -0.3 is 15.5 Å². The van der Waals surface area contributed by atoms with Crippen LogP contribution in [0.4, 0.5) is 0 Å². The molecule has 0 aliphatic heterocycles. The first kappa shape index (κ1) is 11.1. The molecule has 0 spiro atoms. The third-order valence-electron chi connectivity index (χ3n) is 1.92. The zero-order valence-electron chi connectivity index (χ0n) is 6.90. The highest BCUT2D eigenvalue weighted by atomic mass is 31.2. The summed E-state index contributed by atoms with van der Waals surface area (Å²) >= 11 is 0. The summed E-state index contributed by atoms with van der Waals surface area (Å²) in [5, 5.41) is 0. The Balaban J connectivity index is 4.21. The van der Waals surface area contributed by atoms with E-state index in [2.05, 4.69) is 0 Å². The normalized spacial score (nSPS) is 15.5. The van der Waals surface area contributed by atoms with Gasteiger partial charge in [-0.15, -0.1) is 0 Å². The molecule has 0 radical (unpaired) electrons. The van der Waals surface area contributed by atoms with Gasteiger partial charge in [0.25, 0.3) is 0 Å². The van der Waals surface area contributed by atoms with E-state index >= 15 is 0 Å². The predicted octanol–water partition coefficient (Wildman–Crippen LogP) is 0.885. The predicted molar refractivity (Wildman–Crippen MR) is 44.1 cm³/mol. The molecule has 4 nitrogen and oxygen atoms in total. The summed E-state index contributed by atoms with van der Waals surface area (Å²) in [6.07, 6.45) is 1.42. The Morgan fingerprint density at radius 2 is 1.73 bits per heavy atom. The highest BCUT2D eigenvalue weighted by Gasteiger charge is 2.30. The quantitative estimate of drug-likeness (QED) is 0.562. The molecule has 0 aromatic carbocycles. The molecule has 0 saturated heterocycles. The van der Waals surface area contributed by atoms with Crippen LogP contribution in [0.25, 0.3) is 0 Å². The van der Waals surface area contributed by atoms with Gasteiger partial charge in [-0.25, -0.2) is 0 Å². The average molecular weight is 181 g/mol. The van der Waals surface area contributed by atoms with E-state index in [4.69, 9.17) is 15.5 Å². The van der Waals surface area contributed by atoms with Gasteiger partial charge in [-0.05, 0) is 5.92 Å². The molecule has 0 rings (SSSR count). The molecule has 0 aliphatic carbocycles. The minimum Gasteiger partial charge on any atom is -0.323 e. The summed E-state index contributed by atoms with van der Waals surface area (Å²) in [6, 6.07) is 0. The highest BCUT2D eigenvalue weighted by Crippen LogP contribution is 2.43. The van der Waals surface area contributed by atoms with Crippen LogP contribution < -0.4 is 5.73 Å². The molecule has 68 valence electrons. The standard InChI is InChI=1S/C6H16NO3P/c1-3-5(4-2)6(7)11(8,9)10/h5-6H,3-4,7H2,1-2H3,(H2,8,9,10)/t6-/m0/s1. The Hall–Kier alpha value is 0.110. The fourth-order valence-electron chi connectivity index (χ4n) is 1.05. The molecule has 5 heteroatoms. The topological polar surface area (TPSA) is 83.6 Å². The van der Waals surface area contributed by atoms with Crippen LogP contribution in [0.5, 0.6) is 0 Å². The largest absolute Gasteiger partial charge is 0.342 e. The number of hydrogen-bond donors (Lipinski definition) is 3. The Labute approximate surface area is 67.0 Å². The highest BCUT2D eigenvalue weighted by molar-refractivity contribution is 7.52. The Bertz CT molecular complexity index is 152. The average Bonchev–Trinajstić information content (AvgIpc) is 1.88. The zero-order chi connectivity index (χ0) is 9.07. The van der Waals surface area contributed by atoms with E-state index in [0.29, 0.717) is 12.8 Å². The molecule has 0 aliphatic rings. The summed E-state index contributed by atoms with van der Waals surface area (Å²) in [4.78, 5) is 17.4. The maximum Gasteiger partial charge on any atom is 0.342 e. The van der Waals surface area contributed by atoms with Crippen molar-refractivity contribution in [2.75, 3.05) is 0 Å². The van der Waals surface area contributed by atoms with E-state index in [1.807, 2.05) is 13.8 Å². The lowest BCUT2D eigenvalue weighted by atomic mass is 10.0. The van der Waals surface area contributed by atoms with Gasteiger partial charge >= 0.3 is 7.60 Å². The lowest BCUT2D eigenvalue weighted by molar-refractivity contribution is 0.327. The molecule has 1 atom stereocenters. The molecular weight excluding hydrogens is 165 g/mol. The summed E-state index contributed by atoms with van der Waals surface area (Å²) in [7, 11) is -4.07. The summed E-state index contributed by atoms with van der Waals surface area (Å²) < 4.78 is 10.7. The second kappa shape index (κ2) is 4.21. The van der Waals surface area contributed by atoms with Crippen molar-refractivity contribution in [3.63, 3.8) is 0 Å². The Morgan fingerprint density at radius 1 is 1.36 bits per heavy atom. The van der Waals surface area contributed by atoms with Gasteiger partial charge in [0.05, 0.1) is 0 Å². The lowest BCUT2D eigenvalue weighted by Crippen LogP contribution is -2.29. The molecule has 0 amide bonds. The number of hydrogen-bond acceptors (Lipinski definition) is 2. The molecular formula is C6H16NO3P. The fraction of sp³-hybridized carbons (Fsp3) is 1.00. The Morgan fingerprint density at radius 3 is 1.82 bits per heavy atom. The molecule has 0 heterocycles. The van der Waals surface area contributed by atoms with Crippen molar-refractivity contribution in [1.82, 2.24) is 0 Å². The van der Waals surface area contributed by atoms with Crippen LogP contribution in [0.3, 0.4) is 0 Å². The molecule has 0 bridgehead atoms. The number of rotatable bonds is 4. The van der Waals surface area contributed by atoms with Crippen molar-refractivity contribution < 1.29 is 14.4 Å². The van der Waals surface area contributed by atoms with Gasteiger partial charge in [0, 0.05) is 0 Å². The summed E-state index contributed by atoms with van der Waals surface area (Å²) in [5.74, 6) is -1.06. The molecule has 0 fully saturated rings. The first-order valence-electron chi connectivity index (χ1n) is 3.74. The van der Waals surface area contributed by atoms with Gasteiger partial charge in [-0.3, -0.25) is 4.57 Å². The molecule has 0 saturated carbocycles. The van der Waals surface area contributed by atoms with Crippen LogP contribution in [0.1, 0.15) is 26.7 Å². The summed E-state index contributed by atoms with van der Waals surface area (Å²) in [5.41, 5.74) is 5.35. The Kier molecular flexibility index (Phi) is 4.26. The fourth-order valence-corrected chi connectivity index (χ4v) is 2.02. The van der Waals surface area contributed by atoms with Crippen LogP contribution in [0.15, 0.2) is 0 Å². The van der Waals surface area contributed by atoms with Crippen LogP contribution in [-0.4, -0.2) is 15.6 Å². The lowest BCUT2D eigenvalue weighted by Gasteiger charge is -2.21. The van der Waals surface area contributed by atoms with Crippen molar-refractivity contribution in [3.05, 3.63) is 0 Å². The van der Waals surface area contributed by atoms with Crippen LogP contribution >= 0.6 is 7.60 Å². The van der Waals surface area contributed by atoms with E-state index in [-0.39, 0.29) is 5.92 Å². The van der Waals surface area contributed by atoms with Gasteiger partial charge in [0.15, 0.2) is 0 Å². The van der Waals surface area contributed by atoms with Crippen LogP contribution in [0, 0.1) is 5.92 Å². The molecule has 0 aromatic rings. The second-order valence-electron chi connectivity index (χ2n) is 2.66. The van der Waals surface area contributed by atoms with Crippen molar-refractivity contribution >= 4 is 7.60 Å². The monoisotopic (exact) mass is 181 g/mol. The third-order valence-corrected chi connectivity index (χ3v) is 3.12. The van der Waals surface area contributed by atoms with Gasteiger partial charge in [0.2, 0.25) is 0 Å². The minimum atomic E-state index is -4.07. The smallest absolute Gasteiger partial charge is 0.323 e. The number of nitrogens with two attached hydrogens (primary N) is 1. The maximum atomic E-state index is 10.7.